The molecule has 2 heteroatoms. The zero-order valence-corrected chi connectivity index (χ0v) is 14.2. The van der Waals surface area contributed by atoms with E-state index in [2.05, 4.69) is 107 Å². The van der Waals surface area contributed by atoms with Crippen LogP contribution in [-0.4, -0.2) is 5.07 Å². The molecule has 3 aromatic rings. The molecule has 0 aromatic heterocycles. The maximum absolute atomic E-state index is 3.83. The number of halogens is 1. The number of hydrogen-bond acceptors (Lipinski definition) is 0. The van der Waals surface area contributed by atoms with Crippen molar-refractivity contribution >= 4 is 39.1 Å². The van der Waals surface area contributed by atoms with E-state index in [1.165, 1.54) is 15.9 Å². The summed E-state index contributed by atoms with van der Waals surface area (Å²) < 4.78 is 0. The number of alkyl halides is 1. The van der Waals surface area contributed by atoms with Crippen molar-refractivity contribution in [3.05, 3.63) is 91.0 Å². The van der Waals surface area contributed by atoms with Gasteiger partial charge in [0.25, 0.3) is 0 Å². The minimum Gasteiger partial charge on any atom is -0.0870 e. The van der Waals surface area contributed by atoms with Crippen molar-refractivity contribution in [2.45, 2.75) is 0 Å². The van der Waals surface area contributed by atoms with E-state index >= 15 is 0 Å². The lowest BCUT2D eigenvalue weighted by atomic mass is 10.4. The van der Waals surface area contributed by atoms with Crippen LogP contribution in [0, 0.1) is 0 Å². The molecule has 0 fully saturated rings. The van der Waals surface area contributed by atoms with E-state index in [0.717, 1.165) is 5.07 Å². The first-order chi connectivity index (χ1) is 10.4. The molecule has 105 valence electrons. The van der Waals surface area contributed by atoms with Gasteiger partial charge >= 0.3 is 0 Å². The zero-order chi connectivity index (χ0) is 14.5. The van der Waals surface area contributed by atoms with Crippen molar-refractivity contribution in [2.75, 3.05) is 5.07 Å². The molecule has 0 unspecified atom stereocenters. The van der Waals surface area contributed by atoms with E-state index in [0.29, 0.717) is 0 Å². The van der Waals surface area contributed by atoms with Crippen LogP contribution in [0.4, 0.5) is 0 Å². The van der Waals surface area contributed by atoms with Crippen LogP contribution in [0.3, 0.4) is 0 Å². The van der Waals surface area contributed by atoms with Crippen molar-refractivity contribution in [3.63, 3.8) is 0 Å². The Kier molecular flexibility index (Phi) is 4.53. The fourth-order valence-corrected chi connectivity index (χ4v) is 8.66. The Balaban J connectivity index is 2.29. The number of benzene rings is 3. The van der Waals surface area contributed by atoms with Gasteiger partial charge in [0.1, 0.15) is 0 Å². The highest BCUT2D eigenvalue weighted by Gasteiger charge is 2.32. The van der Waals surface area contributed by atoms with E-state index < -0.39 is 7.26 Å². The first-order valence-electron chi connectivity index (χ1n) is 6.99. The van der Waals surface area contributed by atoms with Crippen molar-refractivity contribution in [2.24, 2.45) is 0 Å². The molecule has 0 aliphatic heterocycles. The minimum atomic E-state index is -1.62. The van der Waals surface area contributed by atoms with Crippen molar-refractivity contribution in [3.8, 4) is 0 Å². The highest BCUT2D eigenvalue weighted by molar-refractivity contribution is 9.10. The van der Waals surface area contributed by atoms with Crippen LogP contribution in [-0.2, 0) is 0 Å². The average Bonchev–Trinajstić information content (AvgIpc) is 2.59. The summed E-state index contributed by atoms with van der Waals surface area (Å²) >= 11 is 3.83. The molecule has 0 N–H and O–H groups in total. The lowest BCUT2D eigenvalue weighted by Gasteiger charge is -2.36. The SMILES string of the molecule is BrC[P](c1ccccc1)(c1ccccc1)c1ccccc1. The van der Waals surface area contributed by atoms with Gasteiger partial charge in [-0.3, -0.25) is 0 Å². The predicted octanol–water partition coefficient (Wildman–Crippen LogP) is 4.33. The molecule has 3 aromatic carbocycles. The van der Waals surface area contributed by atoms with E-state index in [1.807, 2.05) is 0 Å². The van der Waals surface area contributed by atoms with E-state index in [-0.39, 0.29) is 0 Å². The van der Waals surface area contributed by atoms with Gasteiger partial charge < -0.3 is 0 Å². The predicted molar refractivity (Wildman–Crippen MR) is 98.9 cm³/mol. The van der Waals surface area contributed by atoms with Gasteiger partial charge in [0, 0.05) is 5.07 Å². The Hall–Kier alpha value is -1.43. The molecular weight excluding hydrogens is 339 g/mol. The Labute approximate surface area is 135 Å². The molecule has 3 rings (SSSR count). The smallest absolute Gasteiger partial charge is 0.0314 e. The Morgan fingerprint density at radius 2 is 0.810 bits per heavy atom. The topological polar surface area (TPSA) is 0 Å². The van der Waals surface area contributed by atoms with Crippen molar-refractivity contribution in [1.82, 2.24) is 0 Å². The molecule has 0 nitrogen and oxygen atoms in total. The van der Waals surface area contributed by atoms with Gasteiger partial charge in [-0.05, 0) is 23.2 Å². The largest absolute Gasteiger partial charge is 0.0870 e. The zero-order valence-electron chi connectivity index (χ0n) is 11.7. The van der Waals surface area contributed by atoms with Crippen LogP contribution in [0.2, 0.25) is 0 Å². The van der Waals surface area contributed by atoms with Crippen molar-refractivity contribution in [1.29, 1.82) is 0 Å². The third-order valence-electron chi connectivity index (χ3n) is 3.77. The molecule has 0 heterocycles. The van der Waals surface area contributed by atoms with Gasteiger partial charge in [0.05, 0.1) is 0 Å². The summed E-state index contributed by atoms with van der Waals surface area (Å²) in [4.78, 5) is 0. The average molecular weight is 356 g/mol. The van der Waals surface area contributed by atoms with E-state index in [1.54, 1.807) is 0 Å². The molecule has 0 atom stereocenters. The normalized spacial score (nSPS) is 11.3. The molecule has 0 bridgehead atoms. The minimum absolute atomic E-state index is 0.956. The van der Waals surface area contributed by atoms with Crippen LogP contribution in [0.5, 0.6) is 0 Å². The molecule has 0 saturated carbocycles. The van der Waals surface area contributed by atoms with Crippen LogP contribution in [0.1, 0.15) is 0 Å². The molecule has 0 amide bonds. The van der Waals surface area contributed by atoms with Crippen molar-refractivity contribution < 1.29 is 0 Å². The summed E-state index contributed by atoms with van der Waals surface area (Å²) in [6.45, 7) is 0. The fourth-order valence-electron chi connectivity index (χ4n) is 2.70. The standard InChI is InChI=1S/C19H17BrP/c20-16-21(17-10-4-1-5-11-17,18-12-6-2-7-13-18)19-14-8-3-9-15-19/h1-15H,16H2. The van der Waals surface area contributed by atoms with Crippen LogP contribution < -0.4 is 15.9 Å². The molecule has 21 heavy (non-hydrogen) atoms. The van der Waals surface area contributed by atoms with Gasteiger partial charge in [0.15, 0.2) is 0 Å². The van der Waals surface area contributed by atoms with Crippen LogP contribution in [0.25, 0.3) is 0 Å². The molecule has 0 saturated heterocycles. The van der Waals surface area contributed by atoms with Crippen LogP contribution in [0.15, 0.2) is 91.0 Å². The summed E-state index contributed by atoms with van der Waals surface area (Å²) in [6.07, 6.45) is 0. The Morgan fingerprint density at radius 3 is 1.05 bits per heavy atom. The van der Waals surface area contributed by atoms with Gasteiger partial charge in [-0.25, -0.2) is 0 Å². The van der Waals surface area contributed by atoms with Crippen LogP contribution >= 0.6 is 23.2 Å². The summed E-state index contributed by atoms with van der Waals surface area (Å²) in [5, 5.41) is 5.20. The number of rotatable bonds is 4. The van der Waals surface area contributed by atoms with Gasteiger partial charge in [0.2, 0.25) is 0 Å². The van der Waals surface area contributed by atoms with E-state index in [9.17, 15) is 0 Å². The Morgan fingerprint density at radius 1 is 0.524 bits per heavy atom. The monoisotopic (exact) mass is 355 g/mol. The lowest BCUT2D eigenvalue weighted by molar-refractivity contribution is 1.71. The Bertz CT molecular complexity index is 584. The second kappa shape index (κ2) is 6.56. The third-order valence-corrected chi connectivity index (χ3v) is 9.92. The maximum Gasteiger partial charge on any atom is 0.0314 e. The first-order valence-corrected chi connectivity index (χ1v) is 10.1. The lowest BCUT2D eigenvalue weighted by Crippen LogP contribution is -2.31. The third kappa shape index (κ3) is 2.69. The molecule has 0 spiro atoms. The summed E-state index contributed by atoms with van der Waals surface area (Å²) in [5.74, 6) is 0. The summed E-state index contributed by atoms with van der Waals surface area (Å²) in [7, 11) is -1.62. The fraction of sp³-hybridized carbons (Fsp3) is 0.0526. The second-order valence-corrected chi connectivity index (χ2v) is 9.85. The first kappa shape index (κ1) is 14.5. The highest BCUT2D eigenvalue weighted by Crippen LogP contribution is 2.56. The van der Waals surface area contributed by atoms with E-state index in [4.69, 9.17) is 0 Å². The maximum atomic E-state index is 3.83. The van der Waals surface area contributed by atoms with Gasteiger partial charge in [-0.1, -0.05) is 107 Å². The number of hydrogen-bond donors (Lipinski definition) is 0. The highest BCUT2D eigenvalue weighted by atomic mass is 79.9. The molecule has 0 aliphatic rings. The molecule has 0 aliphatic carbocycles. The second-order valence-electron chi connectivity index (χ2n) is 4.94. The van der Waals surface area contributed by atoms with Gasteiger partial charge in [-0.15, -0.1) is 0 Å². The van der Waals surface area contributed by atoms with Gasteiger partial charge in [-0.2, -0.15) is 0 Å². The summed E-state index contributed by atoms with van der Waals surface area (Å²) in [5.41, 5.74) is 0. The quantitative estimate of drug-likeness (QED) is 0.482. The summed E-state index contributed by atoms with van der Waals surface area (Å²) in [6, 6.07) is 32.6. The molecular formula is C19H17BrP. The molecule has 1 radical (unpaired) electrons.